The predicted octanol–water partition coefficient (Wildman–Crippen LogP) is 2.93. The summed E-state index contributed by atoms with van der Waals surface area (Å²) in [6, 6.07) is 3.52. The molecule has 0 radical (unpaired) electrons. The van der Waals surface area contributed by atoms with Crippen molar-refractivity contribution in [3.05, 3.63) is 23.2 Å². The van der Waals surface area contributed by atoms with Gasteiger partial charge < -0.3 is 10.2 Å². The van der Waals surface area contributed by atoms with Crippen LogP contribution in [0.1, 0.15) is 32.3 Å². The van der Waals surface area contributed by atoms with Crippen LogP contribution >= 0.6 is 11.3 Å². The van der Waals surface area contributed by atoms with Gasteiger partial charge in [-0.15, -0.1) is 11.3 Å². The SMILES string of the molecule is Cc1c(NC(=O)N2CCC(NS(=O)(=O)C(C)C)CC2)ccc2ncsc12. The molecular weight excluding hydrogens is 372 g/mol. The molecule has 2 N–H and O–H groups in total. The summed E-state index contributed by atoms with van der Waals surface area (Å²) in [6.07, 6.45) is 1.23. The van der Waals surface area contributed by atoms with Gasteiger partial charge in [0.05, 0.1) is 21.0 Å². The van der Waals surface area contributed by atoms with E-state index in [1.807, 2.05) is 19.1 Å². The Morgan fingerprint density at radius 1 is 1.31 bits per heavy atom. The van der Waals surface area contributed by atoms with Gasteiger partial charge in [-0.25, -0.2) is 22.9 Å². The number of anilines is 1. The predicted molar refractivity (Wildman–Crippen MR) is 105 cm³/mol. The highest BCUT2D eigenvalue weighted by Crippen LogP contribution is 2.28. The summed E-state index contributed by atoms with van der Waals surface area (Å²) in [6.45, 7) is 6.35. The van der Waals surface area contributed by atoms with E-state index in [-0.39, 0.29) is 12.1 Å². The van der Waals surface area contributed by atoms with E-state index in [1.165, 1.54) is 0 Å². The molecule has 2 aromatic rings. The topological polar surface area (TPSA) is 91.4 Å². The van der Waals surface area contributed by atoms with Crippen molar-refractivity contribution in [3.63, 3.8) is 0 Å². The number of fused-ring (bicyclic) bond motifs is 1. The number of carbonyl (C=O) groups is 1. The number of aromatic nitrogens is 1. The highest BCUT2D eigenvalue weighted by molar-refractivity contribution is 7.90. The molecule has 26 heavy (non-hydrogen) atoms. The van der Waals surface area contributed by atoms with Gasteiger partial charge in [0.15, 0.2) is 0 Å². The summed E-state index contributed by atoms with van der Waals surface area (Å²) >= 11 is 1.56. The number of amides is 2. The first-order valence-electron chi connectivity index (χ1n) is 8.68. The maximum Gasteiger partial charge on any atom is 0.321 e. The number of sulfonamides is 1. The third-order valence-corrected chi connectivity index (χ3v) is 7.59. The highest BCUT2D eigenvalue weighted by Gasteiger charge is 2.27. The minimum Gasteiger partial charge on any atom is -0.324 e. The average Bonchev–Trinajstić information content (AvgIpc) is 3.07. The second kappa shape index (κ2) is 7.50. The minimum absolute atomic E-state index is 0.110. The van der Waals surface area contributed by atoms with Crippen LogP contribution in [-0.2, 0) is 10.0 Å². The molecule has 2 heterocycles. The molecule has 9 heteroatoms. The molecule has 0 unspecified atom stereocenters. The molecule has 1 aromatic carbocycles. The van der Waals surface area contributed by atoms with Gasteiger partial charge in [-0.3, -0.25) is 0 Å². The first kappa shape index (κ1) is 19.1. The van der Waals surface area contributed by atoms with E-state index in [1.54, 1.807) is 35.6 Å². The lowest BCUT2D eigenvalue weighted by Gasteiger charge is -2.32. The minimum atomic E-state index is -3.28. The van der Waals surface area contributed by atoms with Crippen molar-refractivity contribution in [2.75, 3.05) is 18.4 Å². The van der Waals surface area contributed by atoms with Crippen molar-refractivity contribution < 1.29 is 13.2 Å². The number of benzene rings is 1. The summed E-state index contributed by atoms with van der Waals surface area (Å²) in [5.41, 5.74) is 4.53. The van der Waals surface area contributed by atoms with Crippen LogP contribution in [-0.4, -0.2) is 48.7 Å². The molecule has 142 valence electrons. The van der Waals surface area contributed by atoms with Crippen molar-refractivity contribution in [1.29, 1.82) is 0 Å². The molecule has 1 aliphatic heterocycles. The quantitative estimate of drug-likeness (QED) is 0.831. The van der Waals surface area contributed by atoms with Gasteiger partial charge in [0, 0.05) is 24.8 Å². The Kier molecular flexibility index (Phi) is 5.50. The summed E-state index contributed by atoms with van der Waals surface area (Å²) in [7, 11) is -3.28. The van der Waals surface area contributed by atoms with Crippen LogP contribution in [0.4, 0.5) is 10.5 Å². The Labute approximate surface area is 157 Å². The van der Waals surface area contributed by atoms with Crippen LogP contribution in [0.15, 0.2) is 17.6 Å². The Hall–Kier alpha value is -1.71. The van der Waals surface area contributed by atoms with E-state index >= 15 is 0 Å². The molecule has 1 saturated heterocycles. The van der Waals surface area contributed by atoms with Gasteiger partial charge in [-0.2, -0.15) is 0 Å². The average molecular weight is 397 g/mol. The fourth-order valence-electron chi connectivity index (χ4n) is 2.96. The zero-order valence-electron chi connectivity index (χ0n) is 15.2. The highest BCUT2D eigenvalue weighted by atomic mass is 32.2. The first-order chi connectivity index (χ1) is 12.3. The lowest BCUT2D eigenvalue weighted by atomic mass is 10.1. The Balaban J connectivity index is 1.59. The van der Waals surface area contributed by atoms with Crippen LogP contribution in [0.25, 0.3) is 10.2 Å². The Morgan fingerprint density at radius 2 is 2.00 bits per heavy atom. The Morgan fingerprint density at radius 3 is 2.65 bits per heavy atom. The maximum absolute atomic E-state index is 12.6. The molecule has 3 rings (SSSR count). The van der Waals surface area contributed by atoms with Crippen LogP contribution in [0, 0.1) is 6.92 Å². The molecule has 7 nitrogen and oxygen atoms in total. The van der Waals surface area contributed by atoms with E-state index in [0.29, 0.717) is 25.9 Å². The second-order valence-corrected chi connectivity index (χ2v) is 9.97. The monoisotopic (exact) mass is 396 g/mol. The maximum atomic E-state index is 12.6. The lowest BCUT2D eigenvalue weighted by Crippen LogP contribution is -2.48. The first-order valence-corrected chi connectivity index (χ1v) is 11.1. The smallest absolute Gasteiger partial charge is 0.321 e. The number of hydrogen-bond donors (Lipinski definition) is 2. The van der Waals surface area contributed by atoms with E-state index < -0.39 is 15.3 Å². The molecule has 2 amide bonds. The summed E-state index contributed by atoms with van der Waals surface area (Å²) in [5, 5.41) is 2.52. The zero-order chi connectivity index (χ0) is 18.9. The number of piperidine rings is 1. The molecule has 0 spiro atoms. The summed E-state index contributed by atoms with van der Waals surface area (Å²) < 4.78 is 27.8. The van der Waals surface area contributed by atoms with Crippen LogP contribution in [0.3, 0.4) is 0 Å². The number of nitrogens with zero attached hydrogens (tertiary/aromatic N) is 2. The fraction of sp³-hybridized carbons (Fsp3) is 0.529. The van der Waals surface area contributed by atoms with Crippen LogP contribution in [0.5, 0.6) is 0 Å². The van der Waals surface area contributed by atoms with Crippen molar-refractivity contribution >= 4 is 43.3 Å². The number of nitrogens with one attached hydrogen (secondary N) is 2. The van der Waals surface area contributed by atoms with Crippen LogP contribution in [0.2, 0.25) is 0 Å². The molecule has 0 atom stereocenters. The Bertz CT molecular complexity index is 900. The number of thiazole rings is 1. The number of urea groups is 1. The van der Waals surface area contributed by atoms with Gasteiger partial charge in [-0.1, -0.05) is 0 Å². The number of aryl methyl sites for hydroxylation is 1. The third-order valence-electron chi connectivity index (χ3n) is 4.72. The third kappa shape index (κ3) is 3.99. The molecular formula is C17H24N4O3S2. The van der Waals surface area contributed by atoms with Crippen molar-refractivity contribution in [3.8, 4) is 0 Å². The molecule has 0 aliphatic carbocycles. The molecule has 1 fully saturated rings. The number of likely N-dealkylation sites (tertiary alicyclic amines) is 1. The fourth-order valence-corrected chi connectivity index (χ4v) is 4.73. The zero-order valence-corrected chi connectivity index (χ0v) is 16.8. The largest absolute Gasteiger partial charge is 0.324 e. The van der Waals surface area contributed by atoms with E-state index in [2.05, 4.69) is 15.0 Å². The van der Waals surface area contributed by atoms with Gasteiger partial charge in [-0.05, 0) is 51.3 Å². The normalized spacial score (nSPS) is 16.4. The van der Waals surface area contributed by atoms with Crippen molar-refractivity contribution in [1.82, 2.24) is 14.6 Å². The van der Waals surface area contributed by atoms with Crippen LogP contribution < -0.4 is 10.0 Å². The van der Waals surface area contributed by atoms with E-state index in [0.717, 1.165) is 21.5 Å². The number of carbonyl (C=O) groups excluding carboxylic acids is 1. The number of hydrogen-bond acceptors (Lipinski definition) is 5. The van der Waals surface area contributed by atoms with Gasteiger partial charge in [0.25, 0.3) is 0 Å². The van der Waals surface area contributed by atoms with Gasteiger partial charge >= 0.3 is 6.03 Å². The van der Waals surface area contributed by atoms with E-state index in [4.69, 9.17) is 0 Å². The van der Waals surface area contributed by atoms with Gasteiger partial charge in [0.1, 0.15) is 0 Å². The standard InChI is InChI=1S/C17H24N4O3S2/c1-11(2)26(23,24)20-13-6-8-21(9-7-13)17(22)19-14-4-5-15-16(12(14)3)25-10-18-15/h4-5,10-11,13,20H,6-9H2,1-3H3,(H,19,22). The molecule has 0 bridgehead atoms. The second-order valence-electron chi connectivity index (χ2n) is 6.84. The summed E-state index contributed by atoms with van der Waals surface area (Å²) in [4.78, 5) is 18.6. The number of rotatable bonds is 4. The molecule has 1 aromatic heterocycles. The molecule has 0 saturated carbocycles. The van der Waals surface area contributed by atoms with E-state index in [9.17, 15) is 13.2 Å². The van der Waals surface area contributed by atoms with Crippen molar-refractivity contribution in [2.45, 2.75) is 44.9 Å². The lowest BCUT2D eigenvalue weighted by molar-refractivity contribution is 0.193. The van der Waals surface area contributed by atoms with Crippen molar-refractivity contribution in [2.24, 2.45) is 0 Å². The van der Waals surface area contributed by atoms with Gasteiger partial charge in [0.2, 0.25) is 10.0 Å². The summed E-state index contributed by atoms with van der Waals surface area (Å²) in [5.74, 6) is 0. The molecule has 1 aliphatic rings.